The first-order valence-corrected chi connectivity index (χ1v) is 10.3. The molecule has 3 aromatic carbocycles. The Balaban J connectivity index is 1.65. The first-order valence-electron chi connectivity index (χ1n) is 9.91. The number of aromatic nitrogens is 2. The van der Waals surface area contributed by atoms with Gasteiger partial charge in [-0.05, 0) is 28.3 Å². The van der Waals surface area contributed by atoms with Gasteiger partial charge in [-0.25, -0.2) is 9.36 Å². The summed E-state index contributed by atoms with van der Waals surface area (Å²) in [7, 11) is 0. The Kier molecular flexibility index (Phi) is 5.19. The monoisotopic (exact) mass is 444 g/mol. The van der Waals surface area contributed by atoms with Crippen LogP contribution in [0.4, 0.5) is 0 Å². The molecule has 0 amide bonds. The van der Waals surface area contributed by atoms with E-state index in [1.165, 1.54) is 12.4 Å². The lowest BCUT2D eigenvalue weighted by Gasteiger charge is -2.40. The SMILES string of the molecule is O=C(c1ccc(-c2ccccc2)c(-c2ccccc2)c1)C1(n2cc(Cl)cnc2=O)OCO1. The summed E-state index contributed by atoms with van der Waals surface area (Å²) in [5.41, 5.74) is 3.44. The number of Topliss-reactive ketones (excluding diaryl/α,β-unsaturated/α-hetero) is 1. The Morgan fingerprint density at radius 3 is 2.12 bits per heavy atom. The second kappa shape index (κ2) is 8.16. The molecule has 32 heavy (non-hydrogen) atoms. The average Bonchev–Trinajstić information content (AvgIpc) is 2.81. The number of hydrogen-bond donors (Lipinski definition) is 0. The molecular weight excluding hydrogens is 428 g/mol. The molecular formula is C25H17ClN2O4. The summed E-state index contributed by atoms with van der Waals surface area (Å²) < 4.78 is 12.0. The van der Waals surface area contributed by atoms with Crippen molar-refractivity contribution in [3.8, 4) is 22.3 Å². The van der Waals surface area contributed by atoms with Crippen LogP contribution in [0.15, 0.2) is 96.1 Å². The number of benzene rings is 3. The van der Waals surface area contributed by atoms with Crippen molar-refractivity contribution < 1.29 is 14.3 Å². The summed E-state index contributed by atoms with van der Waals surface area (Å²) in [5, 5.41) is 0.181. The number of nitrogens with zero attached hydrogens (tertiary/aromatic N) is 2. The number of ketones is 1. The Morgan fingerprint density at radius 2 is 1.53 bits per heavy atom. The van der Waals surface area contributed by atoms with Gasteiger partial charge in [-0.2, -0.15) is 4.98 Å². The Labute approximate surface area is 188 Å². The van der Waals surface area contributed by atoms with Gasteiger partial charge in [0.1, 0.15) is 0 Å². The van der Waals surface area contributed by atoms with Crippen molar-refractivity contribution in [3.05, 3.63) is 112 Å². The average molecular weight is 445 g/mol. The van der Waals surface area contributed by atoms with Crippen LogP contribution in [0.3, 0.4) is 0 Å². The van der Waals surface area contributed by atoms with Crippen LogP contribution in [0.1, 0.15) is 10.4 Å². The van der Waals surface area contributed by atoms with E-state index in [2.05, 4.69) is 4.98 Å². The van der Waals surface area contributed by atoms with E-state index in [9.17, 15) is 9.59 Å². The Morgan fingerprint density at radius 1 is 0.906 bits per heavy atom. The van der Waals surface area contributed by atoms with E-state index < -0.39 is 17.4 Å². The van der Waals surface area contributed by atoms with Crippen LogP contribution in [-0.2, 0) is 15.4 Å². The summed E-state index contributed by atoms with van der Waals surface area (Å²) in [5.74, 6) is -2.45. The molecule has 0 radical (unpaired) electrons. The van der Waals surface area contributed by atoms with Crippen molar-refractivity contribution >= 4 is 17.4 Å². The number of hydrogen-bond acceptors (Lipinski definition) is 5. The molecule has 0 spiro atoms. The van der Waals surface area contributed by atoms with Gasteiger partial charge < -0.3 is 0 Å². The lowest BCUT2D eigenvalue weighted by molar-refractivity contribution is -0.412. The van der Waals surface area contributed by atoms with Crippen molar-refractivity contribution in [1.82, 2.24) is 9.55 Å². The van der Waals surface area contributed by atoms with Gasteiger partial charge in [-0.3, -0.25) is 14.3 Å². The largest absolute Gasteiger partial charge is 0.352 e. The van der Waals surface area contributed by atoms with E-state index in [1.54, 1.807) is 12.1 Å². The standard InChI is InChI=1S/C25H17ClN2O4/c26-20-14-27-24(30)28(15-20)25(31-16-32-25)23(29)19-11-12-21(17-7-3-1-4-8-17)22(13-19)18-9-5-2-6-10-18/h1-15H,16H2. The summed E-state index contributed by atoms with van der Waals surface area (Å²) >= 11 is 6.00. The van der Waals surface area contributed by atoms with Crippen molar-refractivity contribution in [2.75, 3.05) is 6.79 Å². The van der Waals surface area contributed by atoms with Crippen LogP contribution in [0.5, 0.6) is 0 Å². The molecule has 2 heterocycles. The van der Waals surface area contributed by atoms with Crippen LogP contribution in [0.2, 0.25) is 5.02 Å². The van der Waals surface area contributed by atoms with E-state index in [4.69, 9.17) is 21.1 Å². The highest BCUT2D eigenvalue weighted by molar-refractivity contribution is 6.30. The molecule has 0 N–H and O–H groups in total. The Hall–Kier alpha value is -3.58. The molecule has 4 aromatic rings. The number of rotatable bonds is 5. The molecule has 0 atom stereocenters. The first-order chi connectivity index (χ1) is 15.6. The zero-order valence-electron chi connectivity index (χ0n) is 16.8. The first kappa shape index (κ1) is 20.3. The zero-order chi connectivity index (χ0) is 22.1. The fraction of sp³-hybridized carbons (Fsp3) is 0.0800. The molecule has 0 saturated carbocycles. The summed E-state index contributed by atoms with van der Waals surface area (Å²) in [6.45, 7) is -0.127. The van der Waals surface area contributed by atoms with E-state index in [-0.39, 0.29) is 11.8 Å². The molecule has 1 saturated heterocycles. The lowest BCUT2D eigenvalue weighted by Crippen LogP contribution is -2.58. The summed E-state index contributed by atoms with van der Waals surface area (Å²) in [6.07, 6.45) is 2.49. The predicted molar refractivity (Wildman–Crippen MR) is 120 cm³/mol. The fourth-order valence-corrected chi connectivity index (χ4v) is 3.89. The third-order valence-electron chi connectivity index (χ3n) is 5.32. The molecule has 0 aliphatic carbocycles. The van der Waals surface area contributed by atoms with Gasteiger partial charge in [0.2, 0.25) is 5.78 Å². The third kappa shape index (κ3) is 3.44. The van der Waals surface area contributed by atoms with Crippen molar-refractivity contribution in [1.29, 1.82) is 0 Å². The molecule has 1 aliphatic rings. The highest BCUT2D eigenvalue weighted by Gasteiger charge is 2.51. The molecule has 1 fully saturated rings. The molecule has 158 valence electrons. The molecule has 1 aliphatic heterocycles. The van der Waals surface area contributed by atoms with Crippen molar-refractivity contribution in [2.24, 2.45) is 0 Å². The minimum Gasteiger partial charge on any atom is -0.299 e. The smallest absolute Gasteiger partial charge is 0.299 e. The maximum atomic E-state index is 13.6. The highest BCUT2D eigenvalue weighted by Crippen LogP contribution is 2.37. The predicted octanol–water partition coefficient (Wildman–Crippen LogP) is 4.73. The van der Waals surface area contributed by atoms with Gasteiger partial charge in [0.05, 0.1) is 11.2 Å². The Bertz CT molecular complexity index is 1350. The van der Waals surface area contributed by atoms with Crippen LogP contribution < -0.4 is 5.69 Å². The van der Waals surface area contributed by atoms with Crippen LogP contribution in [0, 0.1) is 0 Å². The molecule has 5 rings (SSSR count). The van der Waals surface area contributed by atoms with Crippen molar-refractivity contribution in [3.63, 3.8) is 0 Å². The normalized spacial score (nSPS) is 14.5. The highest BCUT2D eigenvalue weighted by atomic mass is 35.5. The molecule has 6 nitrogen and oxygen atoms in total. The van der Waals surface area contributed by atoms with Gasteiger partial charge in [-0.1, -0.05) is 84.4 Å². The van der Waals surface area contributed by atoms with E-state index in [0.29, 0.717) is 5.56 Å². The van der Waals surface area contributed by atoms with Crippen LogP contribution >= 0.6 is 11.6 Å². The second-order valence-electron chi connectivity index (χ2n) is 7.23. The van der Waals surface area contributed by atoms with E-state index in [0.717, 1.165) is 26.8 Å². The lowest BCUT2D eigenvalue weighted by atomic mass is 9.91. The minimum absolute atomic E-state index is 0.127. The van der Waals surface area contributed by atoms with Crippen molar-refractivity contribution in [2.45, 2.75) is 5.91 Å². The number of carbonyl (C=O) groups is 1. The number of carbonyl (C=O) groups excluding carboxylic acids is 1. The van der Waals surface area contributed by atoms with Gasteiger partial charge in [-0.15, -0.1) is 0 Å². The van der Waals surface area contributed by atoms with Gasteiger partial charge in [0.25, 0.3) is 0 Å². The van der Waals surface area contributed by atoms with E-state index in [1.807, 2.05) is 66.7 Å². The molecule has 7 heteroatoms. The number of ether oxygens (including phenoxy) is 2. The fourth-order valence-electron chi connectivity index (χ4n) is 3.75. The van der Waals surface area contributed by atoms with Gasteiger partial charge >= 0.3 is 11.6 Å². The number of halogens is 1. The molecule has 1 aromatic heterocycles. The maximum Gasteiger partial charge on any atom is 0.352 e. The topological polar surface area (TPSA) is 70.4 Å². The summed E-state index contributed by atoms with van der Waals surface area (Å²) in [4.78, 5) is 29.6. The van der Waals surface area contributed by atoms with Crippen LogP contribution in [0.25, 0.3) is 22.3 Å². The molecule has 0 bridgehead atoms. The van der Waals surface area contributed by atoms with Crippen LogP contribution in [-0.4, -0.2) is 22.1 Å². The quantitative estimate of drug-likeness (QED) is 0.416. The van der Waals surface area contributed by atoms with Gasteiger partial charge in [0.15, 0.2) is 6.79 Å². The second-order valence-corrected chi connectivity index (χ2v) is 7.67. The minimum atomic E-state index is -1.93. The van der Waals surface area contributed by atoms with Gasteiger partial charge in [0, 0.05) is 11.8 Å². The zero-order valence-corrected chi connectivity index (χ0v) is 17.5. The van der Waals surface area contributed by atoms with E-state index >= 15 is 0 Å². The summed E-state index contributed by atoms with van der Waals surface area (Å²) in [6, 6.07) is 25.1. The molecule has 0 unspecified atom stereocenters. The third-order valence-corrected chi connectivity index (χ3v) is 5.52. The maximum absolute atomic E-state index is 13.6.